The maximum atomic E-state index is 11.6. The van der Waals surface area contributed by atoms with E-state index < -0.39 is 0 Å². The molecular formula is C16H19N5O2S2. The highest BCUT2D eigenvalue weighted by molar-refractivity contribution is 7.17. The van der Waals surface area contributed by atoms with Gasteiger partial charge in [0.1, 0.15) is 6.33 Å². The number of thiophene rings is 1. The number of aryl methyl sites for hydroxylation is 1. The van der Waals surface area contributed by atoms with Gasteiger partial charge in [-0.25, -0.2) is 4.98 Å². The minimum absolute atomic E-state index is 0.0393. The number of carbonyl (C=O) groups is 1. The number of amides is 1. The first-order chi connectivity index (χ1) is 12.1. The second-order valence-electron chi connectivity index (χ2n) is 6.16. The van der Waals surface area contributed by atoms with E-state index in [-0.39, 0.29) is 17.8 Å². The third kappa shape index (κ3) is 2.82. The van der Waals surface area contributed by atoms with Crippen LogP contribution in [0.1, 0.15) is 28.3 Å². The summed E-state index contributed by atoms with van der Waals surface area (Å²) in [5.74, 6) is 0.273. The molecule has 9 heteroatoms. The maximum absolute atomic E-state index is 11.6. The van der Waals surface area contributed by atoms with Gasteiger partial charge in [0.15, 0.2) is 0 Å². The zero-order valence-electron chi connectivity index (χ0n) is 14.0. The predicted octanol–water partition coefficient (Wildman–Crippen LogP) is 2.12. The third-order valence-corrected chi connectivity index (χ3v) is 6.82. The highest BCUT2D eigenvalue weighted by atomic mass is 32.1. The first-order valence-electron chi connectivity index (χ1n) is 8.11. The molecule has 132 valence electrons. The lowest BCUT2D eigenvalue weighted by molar-refractivity contribution is -0.130. The van der Waals surface area contributed by atoms with Crippen molar-refractivity contribution in [3.05, 3.63) is 33.1 Å². The molecule has 25 heavy (non-hydrogen) atoms. The summed E-state index contributed by atoms with van der Waals surface area (Å²) in [6.07, 6.45) is 1.45. The van der Waals surface area contributed by atoms with E-state index in [1.54, 1.807) is 18.3 Å². The zero-order valence-corrected chi connectivity index (χ0v) is 15.7. The van der Waals surface area contributed by atoms with Crippen molar-refractivity contribution in [2.24, 2.45) is 0 Å². The molecule has 1 amide bonds. The van der Waals surface area contributed by atoms with Crippen LogP contribution in [0, 0.1) is 6.92 Å². The van der Waals surface area contributed by atoms with Gasteiger partial charge in [0.05, 0.1) is 10.9 Å². The first kappa shape index (κ1) is 16.5. The quantitative estimate of drug-likeness (QED) is 0.757. The van der Waals surface area contributed by atoms with Crippen molar-refractivity contribution < 1.29 is 9.90 Å². The lowest BCUT2D eigenvalue weighted by atomic mass is 10.1. The average molecular weight is 377 g/mol. The van der Waals surface area contributed by atoms with E-state index >= 15 is 0 Å². The third-order valence-electron chi connectivity index (χ3n) is 4.66. The minimum atomic E-state index is -0.0393. The van der Waals surface area contributed by atoms with Gasteiger partial charge in [-0.15, -0.1) is 11.3 Å². The minimum Gasteiger partial charge on any atom is -0.492 e. The number of carbonyl (C=O) groups excluding carboxylic acids is 1. The highest BCUT2D eigenvalue weighted by Crippen LogP contribution is 2.42. The maximum Gasteiger partial charge on any atom is 0.230 e. The zero-order chi connectivity index (χ0) is 17.6. The van der Waals surface area contributed by atoms with Crippen LogP contribution in [0.3, 0.4) is 0 Å². The predicted molar refractivity (Wildman–Crippen MR) is 97.3 cm³/mol. The summed E-state index contributed by atoms with van der Waals surface area (Å²) in [6.45, 7) is 6.67. The Balaban J connectivity index is 1.73. The Kier molecular flexibility index (Phi) is 4.22. The number of hydrogen-bond acceptors (Lipinski definition) is 7. The second-order valence-corrected chi connectivity index (χ2v) is 8.11. The van der Waals surface area contributed by atoms with E-state index in [2.05, 4.69) is 33.4 Å². The lowest BCUT2D eigenvalue weighted by Gasteiger charge is -2.38. The van der Waals surface area contributed by atoms with Crippen molar-refractivity contribution in [3.8, 4) is 5.88 Å². The number of piperazine rings is 1. The molecule has 1 N–H and O–H groups in total. The largest absolute Gasteiger partial charge is 0.492 e. The van der Waals surface area contributed by atoms with E-state index in [1.165, 1.54) is 32.6 Å². The molecule has 0 bridgehead atoms. The van der Waals surface area contributed by atoms with Gasteiger partial charge in [-0.05, 0) is 23.9 Å². The number of aromatic nitrogens is 3. The summed E-state index contributed by atoms with van der Waals surface area (Å²) in [7, 11) is 0. The van der Waals surface area contributed by atoms with Crippen molar-refractivity contribution in [1.82, 2.24) is 24.4 Å². The fourth-order valence-corrected chi connectivity index (χ4v) is 5.50. The van der Waals surface area contributed by atoms with Crippen molar-refractivity contribution in [3.63, 3.8) is 0 Å². The van der Waals surface area contributed by atoms with E-state index in [1.807, 2.05) is 4.90 Å². The molecule has 3 aromatic rings. The summed E-state index contributed by atoms with van der Waals surface area (Å²) in [6, 6.07) is 2.06. The SMILES string of the molecule is CC(=O)N1CCN(C(c2sccc2C)c2sc3ncnn3c2O)CC1. The van der Waals surface area contributed by atoms with E-state index in [4.69, 9.17) is 0 Å². The topological polar surface area (TPSA) is 74.0 Å². The number of fused-ring (bicyclic) bond motifs is 1. The molecule has 1 saturated heterocycles. The Morgan fingerprint density at radius 3 is 2.64 bits per heavy atom. The van der Waals surface area contributed by atoms with Crippen LogP contribution in [0.4, 0.5) is 0 Å². The van der Waals surface area contributed by atoms with Gasteiger partial charge in [-0.2, -0.15) is 9.61 Å². The smallest absolute Gasteiger partial charge is 0.230 e. The van der Waals surface area contributed by atoms with Crippen LogP contribution in [-0.4, -0.2) is 61.6 Å². The number of rotatable bonds is 3. The lowest BCUT2D eigenvalue weighted by Crippen LogP contribution is -2.49. The summed E-state index contributed by atoms with van der Waals surface area (Å²) in [4.78, 5) is 22.8. The molecule has 0 aromatic carbocycles. The summed E-state index contributed by atoms with van der Waals surface area (Å²) in [5.41, 5.74) is 1.21. The van der Waals surface area contributed by atoms with Gasteiger partial charge in [0.25, 0.3) is 0 Å². The van der Waals surface area contributed by atoms with Crippen molar-refractivity contribution >= 4 is 33.5 Å². The van der Waals surface area contributed by atoms with Crippen molar-refractivity contribution in [2.45, 2.75) is 19.9 Å². The van der Waals surface area contributed by atoms with Crippen molar-refractivity contribution in [1.29, 1.82) is 0 Å². The van der Waals surface area contributed by atoms with E-state index in [0.29, 0.717) is 18.1 Å². The van der Waals surface area contributed by atoms with E-state index in [0.717, 1.165) is 18.0 Å². The molecule has 0 spiro atoms. The number of aromatic hydroxyl groups is 1. The molecule has 0 radical (unpaired) electrons. The van der Waals surface area contributed by atoms with Crippen LogP contribution < -0.4 is 0 Å². The van der Waals surface area contributed by atoms with Crippen molar-refractivity contribution in [2.75, 3.05) is 26.2 Å². The molecular weight excluding hydrogens is 358 g/mol. The summed E-state index contributed by atoms with van der Waals surface area (Å²) < 4.78 is 1.49. The Bertz CT molecular complexity index is 907. The Morgan fingerprint density at radius 2 is 2.04 bits per heavy atom. The normalized spacial score (nSPS) is 17.3. The molecule has 0 aliphatic carbocycles. The molecule has 0 saturated carbocycles. The molecule has 7 nitrogen and oxygen atoms in total. The van der Waals surface area contributed by atoms with Crippen LogP contribution in [0.5, 0.6) is 5.88 Å². The molecule has 4 rings (SSSR count). The first-order valence-corrected chi connectivity index (χ1v) is 9.81. The molecule has 3 aromatic heterocycles. The van der Waals surface area contributed by atoms with Gasteiger partial charge in [-0.1, -0.05) is 11.3 Å². The molecule has 1 aliphatic heterocycles. The number of nitrogens with zero attached hydrogens (tertiary/aromatic N) is 5. The van der Waals surface area contributed by atoms with Gasteiger partial charge < -0.3 is 10.0 Å². The molecule has 4 heterocycles. The van der Waals surface area contributed by atoms with Gasteiger partial charge in [-0.3, -0.25) is 9.69 Å². The molecule has 1 aliphatic rings. The van der Waals surface area contributed by atoms with Gasteiger partial charge >= 0.3 is 0 Å². The standard InChI is InChI=1S/C16H19N5O2S2/c1-10-3-8-24-13(10)12(20-6-4-19(5-7-20)11(2)22)14-15(23)21-16(25-14)17-9-18-21/h3,8-9,12,23H,4-7H2,1-2H3. The van der Waals surface area contributed by atoms with Gasteiger partial charge in [0, 0.05) is 38.0 Å². The second kappa shape index (κ2) is 6.40. The fourth-order valence-electron chi connectivity index (χ4n) is 3.28. The van der Waals surface area contributed by atoms with Gasteiger partial charge in [0.2, 0.25) is 16.7 Å². The average Bonchev–Trinajstić information content (AvgIpc) is 3.29. The summed E-state index contributed by atoms with van der Waals surface area (Å²) in [5, 5.41) is 16.9. The molecule has 1 unspecified atom stereocenters. The van der Waals surface area contributed by atoms with Crippen LogP contribution in [0.2, 0.25) is 0 Å². The number of hydrogen-bond donors (Lipinski definition) is 1. The summed E-state index contributed by atoms with van der Waals surface area (Å²) >= 11 is 3.17. The highest BCUT2D eigenvalue weighted by Gasteiger charge is 2.33. The monoisotopic (exact) mass is 377 g/mol. The van der Waals surface area contributed by atoms with Crippen LogP contribution in [0.25, 0.3) is 4.96 Å². The van der Waals surface area contributed by atoms with Crippen LogP contribution in [0.15, 0.2) is 17.8 Å². The molecule has 1 fully saturated rings. The Morgan fingerprint density at radius 1 is 1.28 bits per heavy atom. The number of thiazole rings is 1. The molecule has 1 atom stereocenters. The fraction of sp³-hybridized carbons (Fsp3) is 0.438. The Labute approximate surface area is 153 Å². The van der Waals surface area contributed by atoms with Crippen LogP contribution in [-0.2, 0) is 4.79 Å². The van der Waals surface area contributed by atoms with Crippen LogP contribution >= 0.6 is 22.7 Å². The Hall–Kier alpha value is -1.97. The van der Waals surface area contributed by atoms with E-state index in [9.17, 15) is 9.90 Å².